The van der Waals surface area contributed by atoms with Crippen molar-refractivity contribution in [3.05, 3.63) is 40.3 Å². The van der Waals surface area contributed by atoms with Crippen molar-refractivity contribution in [2.75, 3.05) is 12.4 Å². The summed E-state index contributed by atoms with van der Waals surface area (Å²) in [5.41, 5.74) is 3.24. The van der Waals surface area contributed by atoms with Crippen molar-refractivity contribution in [3.8, 4) is 5.75 Å². The average Bonchev–Trinajstić information content (AvgIpc) is 3.18. The van der Waals surface area contributed by atoms with E-state index in [1.165, 1.54) is 4.88 Å². The highest BCUT2D eigenvalue weighted by molar-refractivity contribution is 7.15. The molecule has 3 aromatic heterocycles. The van der Waals surface area contributed by atoms with Gasteiger partial charge in [-0.3, -0.25) is 14.5 Å². The Morgan fingerprint density at radius 1 is 1.36 bits per heavy atom. The first-order chi connectivity index (χ1) is 13.3. The molecule has 0 bridgehead atoms. The molecule has 7 heteroatoms. The number of rotatable bonds is 3. The molecule has 1 N–H and O–H groups in total. The zero-order chi connectivity index (χ0) is 20.1. The van der Waals surface area contributed by atoms with Crippen molar-refractivity contribution in [1.29, 1.82) is 0 Å². The number of anilines is 1. The summed E-state index contributed by atoms with van der Waals surface area (Å²) in [5, 5.41) is 3.66. The predicted octanol–water partition coefficient (Wildman–Crippen LogP) is 4.51. The SMILES string of the molecule is COc1cccn2c(C(=O)Nc3nc4c(s3)CC(C(C)(C)C)CC4)c(C)nc12. The molecule has 1 unspecified atom stereocenters. The molecule has 0 saturated carbocycles. The highest BCUT2D eigenvalue weighted by Crippen LogP contribution is 2.40. The van der Waals surface area contributed by atoms with Gasteiger partial charge in [0, 0.05) is 11.1 Å². The third-order valence-electron chi connectivity index (χ3n) is 5.61. The van der Waals surface area contributed by atoms with Crippen LogP contribution in [0.3, 0.4) is 0 Å². The van der Waals surface area contributed by atoms with Crippen LogP contribution in [0.5, 0.6) is 5.75 Å². The van der Waals surface area contributed by atoms with Gasteiger partial charge in [-0.1, -0.05) is 20.8 Å². The van der Waals surface area contributed by atoms with Gasteiger partial charge in [-0.05, 0) is 49.7 Å². The van der Waals surface area contributed by atoms with Gasteiger partial charge in [0.05, 0.1) is 18.5 Å². The number of nitrogens with one attached hydrogen (secondary N) is 1. The molecule has 0 aromatic carbocycles. The Bertz CT molecular complexity index is 1040. The zero-order valence-electron chi connectivity index (χ0n) is 17.0. The number of nitrogens with zero attached hydrogens (tertiary/aromatic N) is 3. The standard InChI is InChI=1S/C21H26N4O2S/c1-12-17(25-10-6-7-15(27-5)18(25)22-12)19(26)24-20-23-14-9-8-13(21(2,3)4)11-16(14)28-20/h6-7,10,13H,8-9,11H2,1-5H3,(H,23,24,26). The first-order valence-corrected chi connectivity index (χ1v) is 10.4. The number of thiazole rings is 1. The largest absolute Gasteiger partial charge is 0.493 e. The van der Waals surface area contributed by atoms with Gasteiger partial charge in [0.2, 0.25) is 0 Å². The fourth-order valence-corrected chi connectivity index (χ4v) is 5.00. The zero-order valence-corrected chi connectivity index (χ0v) is 17.8. The molecular weight excluding hydrogens is 372 g/mol. The van der Waals surface area contributed by atoms with E-state index in [0.29, 0.717) is 33.8 Å². The Balaban J connectivity index is 1.60. The van der Waals surface area contributed by atoms with Crippen LogP contribution in [0.4, 0.5) is 5.13 Å². The summed E-state index contributed by atoms with van der Waals surface area (Å²) in [6.07, 6.45) is 5.00. The van der Waals surface area contributed by atoms with Crippen LogP contribution in [0.1, 0.15) is 53.9 Å². The molecule has 1 amide bonds. The molecule has 1 aliphatic carbocycles. The molecule has 3 aromatic rings. The molecule has 28 heavy (non-hydrogen) atoms. The van der Waals surface area contributed by atoms with Crippen LogP contribution in [0.2, 0.25) is 0 Å². The lowest BCUT2D eigenvalue weighted by molar-refractivity contribution is 0.102. The van der Waals surface area contributed by atoms with Gasteiger partial charge >= 0.3 is 0 Å². The highest BCUT2D eigenvalue weighted by Gasteiger charge is 2.31. The Hall–Kier alpha value is -2.41. The summed E-state index contributed by atoms with van der Waals surface area (Å²) in [6, 6.07) is 3.68. The smallest absolute Gasteiger partial charge is 0.276 e. The second kappa shape index (κ2) is 6.88. The van der Waals surface area contributed by atoms with E-state index < -0.39 is 0 Å². The Morgan fingerprint density at radius 3 is 2.86 bits per heavy atom. The first kappa shape index (κ1) is 18.9. The van der Waals surface area contributed by atoms with Crippen molar-refractivity contribution >= 4 is 28.0 Å². The number of carbonyl (C=O) groups is 1. The summed E-state index contributed by atoms with van der Waals surface area (Å²) in [6.45, 7) is 8.73. The van der Waals surface area contributed by atoms with E-state index in [0.717, 1.165) is 25.0 Å². The summed E-state index contributed by atoms with van der Waals surface area (Å²) in [5.74, 6) is 1.09. The van der Waals surface area contributed by atoms with Crippen molar-refractivity contribution in [2.45, 2.75) is 47.0 Å². The van der Waals surface area contributed by atoms with Gasteiger partial charge in [0.25, 0.3) is 5.91 Å². The van der Waals surface area contributed by atoms with Crippen molar-refractivity contribution in [1.82, 2.24) is 14.4 Å². The van der Waals surface area contributed by atoms with E-state index >= 15 is 0 Å². The van der Waals surface area contributed by atoms with Gasteiger partial charge in [-0.25, -0.2) is 9.97 Å². The van der Waals surface area contributed by atoms with Gasteiger partial charge in [-0.2, -0.15) is 0 Å². The minimum Gasteiger partial charge on any atom is -0.493 e. The van der Waals surface area contributed by atoms with Crippen molar-refractivity contribution in [2.24, 2.45) is 11.3 Å². The molecule has 1 atom stereocenters. The summed E-state index contributed by atoms with van der Waals surface area (Å²) >= 11 is 1.60. The van der Waals surface area contributed by atoms with E-state index in [-0.39, 0.29) is 11.3 Å². The van der Waals surface area contributed by atoms with Crippen LogP contribution in [0.25, 0.3) is 5.65 Å². The predicted molar refractivity (Wildman–Crippen MR) is 112 cm³/mol. The number of aromatic nitrogens is 3. The van der Waals surface area contributed by atoms with Crippen LogP contribution < -0.4 is 10.1 Å². The Kier molecular flexibility index (Phi) is 4.65. The lowest BCUT2D eigenvalue weighted by Crippen LogP contribution is -2.26. The number of ether oxygens (including phenoxy) is 1. The molecule has 0 spiro atoms. The van der Waals surface area contributed by atoms with Gasteiger partial charge in [0.1, 0.15) is 5.69 Å². The van der Waals surface area contributed by atoms with E-state index in [9.17, 15) is 4.79 Å². The van der Waals surface area contributed by atoms with Crippen LogP contribution in [0.15, 0.2) is 18.3 Å². The minimum atomic E-state index is -0.197. The third-order valence-corrected chi connectivity index (χ3v) is 6.64. The van der Waals surface area contributed by atoms with E-state index in [1.54, 1.807) is 22.8 Å². The summed E-state index contributed by atoms with van der Waals surface area (Å²) in [7, 11) is 1.60. The number of hydrogen-bond donors (Lipinski definition) is 1. The normalized spacial score (nSPS) is 16.8. The number of carbonyl (C=O) groups excluding carboxylic acids is 1. The van der Waals surface area contributed by atoms with E-state index in [2.05, 4.69) is 31.1 Å². The number of pyridine rings is 1. The molecule has 3 heterocycles. The van der Waals surface area contributed by atoms with Crippen LogP contribution in [-0.4, -0.2) is 27.4 Å². The number of amides is 1. The maximum absolute atomic E-state index is 13.0. The number of fused-ring (bicyclic) bond motifs is 2. The topological polar surface area (TPSA) is 68.5 Å². The molecule has 0 saturated heterocycles. The monoisotopic (exact) mass is 398 g/mol. The molecular formula is C21H26N4O2S. The molecule has 0 fully saturated rings. The number of hydrogen-bond acceptors (Lipinski definition) is 5. The highest BCUT2D eigenvalue weighted by atomic mass is 32.1. The van der Waals surface area contributed by atoms with Gasteiger partial charge in [-0.15, -0.1) is 11.3 Å². The molecule has 4 rings (SSSR count). The fourth-order valence-electron chi connectivity index (χ4n) is 3.91. The van der Waals surface area contributed by atoms with E-state index in [1.807, 2.05) is 25.3 Å². The van der Waals surface area contributed by atoms with E-state index in [4.69, 9.17) is 9.72 Å². The summed E-state index contributed by atoms with van der Waals surface area (Å²) < 4.78 is 7.13. The quantitative estimate of drug-likeness (QED) is 0.705. The average molecular weight is 399 g/mol. The molecule has 1 aliphatic rings. The first-order valence-electron chi connectivity index (χ1n) is 9.59. The summed E-state index contributed by atoms with van der Waals surface area (Å²) in [4.78, 5) is 23.5. The lowest BCUT2D eigenvalue weighted by atomic mass is 9.73. The van der Waals surface area contributed by atoms with Crippen LogP contribution in [-0.2, 0) is 12.8 Å². The van der Waals surface area contributed by atoms with Gasteiger partial charge in [0.15, 0.2) is 16.5 Å². The fraction of sp³-hybridized carbons (Fsp3) is 0.476. The lowest BCUT2D eigenvalue weighted by Gasteiger charge is -2.33. The maximum Gasteiger partial charge on any atom is 0.276 e. The Morgan fingerprint density at radius 2 is 2.14 bits per heavy atom. The maximum atomic E-state index is 13.0. The molecule has 0 radical (unpaired) electrons. The van der Waals surface area contributed by atoms with Crippen molar-refractivity contribution < 1.29 is 9.53 Å². The second-order valence-corrected chi connectivity index (χ2v) is 9.55. The minimum absolute atomic E-state index is 0.197. The molecule has 6 nitrogen and oxygen atoms in total. The van der Waals surface area contributed by atoms with Crippen LogP contribution in [0, 0.1) is 18.3 Å². The second-order valence-electron chi connectivity index (χ2n) is 8.46. The Labute approximate surface area is 169 Å². The van der Waals surface area contributed by atoms with Crippen LogP contribution >= 0.6 is 11.3 Å². The third kappa shape index (κ3) is 3.28. The number of methoxy groups -OCH3 is 1. The number of imidazole rings is 1. The molecule has 148 valence electrons. The van der Waals surface area contributed by atoms with Gasteiger partial charge < -0.3 is 4.74 Å². The van der Waals surface area contributed by atoms with Crippen molar-refractivity contribution in [3.63, 3.8) is 0 Å². The molecule has 0 aliphatic heterocycles. The number of aryl methyl sites for hydroxylation is 2.